The van der Waals surface area contributed by atoms with Gasteiger partial charge in [0.05, 0.1) is 17.7 Å². The number of nitrogens with zero attached hydrogens (tertiary/aromatic N) is 2. The molecule has 8 nitrogen and oxygen atoms in total. The molecule has 2 amide bonds. The summed E-state index contributed by atoms with van der Waals surface area (Å²) < 4.78 is 24.5. The summed E-state index contributed by atoms with van der Waals surface area (Å²) in [6.07, 6.45) is 3.76. The van der Waals surface area contributed by atoms with E-state index in [4.69, 9.17) is 5.11 Å². The molecule has 1 aliphatic heterocycles. The second-order valence-corrected chi connectivity index (χ2v) is 9.24. The monoisotopic (exact) mass is 374 g/mol. The quantitative estimate of drug-likeness (QED) is 0.707. The highest BCUT2D eigenvalue weighted by atomic mass is 32.2. The van der Waals surface area contributed by atoms with Gasteiger partial charge in [-0.2, -0.15) is 0 Å². The maximum Gasteiger partial charge on any atom is 0.306 e. The summed E-state index contributed by atoms with van der Waals surface area (Å²) in [5.41, 5.74) is 0. The zero-order valence-electron chi connectivity index (χ0n) is 14.5. The Morgan fingerprint density at radius 2 is 1.64 bits per heavy atom. The van der Waals surface area contributed by atoms with Crippen LogP contribution in [0.3, 0.4) is 0 Å². The van der Waals surface area contributed by atoms with E-state index in [9.17, 15) is 22.8 Å². The highest BCUT2D eigenvalue weighted by molar-refractivity contribution is 7.92. The van der Waals surface area contributed by atoms with Gasteiger partial charge < -0.3 is 14.9 Å². The lowest BCUT2D eigenvalue weighted by molar-refractivity contribution is -0.146. The molecule has 1 aliphatic carbocycles. The van der Waals surface area contributed by atoms with Crippen molar-refractivity contribution < 1.29 is 27.9 Å². The van der Waals surface area contributed by atoms with Crippen molar-refractivity contribution in [1.82, 2.24) is 9.80 Å². The first-order chi connectivity index (χ1) is 11.7. The Labute approximate surface area is 148 Å². The molecule has 2 aliphatic rings. The van der Waals surface area contributed by atoms with Crippen molar-refractivity contribution >= 4 is 27.6 Å². The second kappa shape index (κ2) is 8.16. The minimum atomic E-state index is -3.46. The lowest BCUT2D eigenvalue weighted by Crippen LogP contribution is -2.46. The molecule has 2 fully saturated rings. The van der Waals surface area contributed by atoms with Crippen LogP contribution in [0.15, 0.2) is 0 Å². The Kier molecular flexibility index (Phi) is 6.42. The lowest BCUT2D eigenvalue weighted by atomic mass is 9.97. The minimum Gasteiger partial charge on any atom is -0.481 e. The molecule has 0 radical (unpaired) electrons. The summed E-state index contributed by atoms with van der Waals surface area (Å²) in [4.78, 5) is 38.0. The topological polar surface area (TPSA) is 112 Å². The third-order valence-corrected chi connectivity index (χ3v) is 7.27. The van der Waals surface area contributed by atoms with Gasteiger partial charge in [0.25, 0.3) is 0 Å². The molecule has 0 aromatic rings. The van der Waals surface area contributed by atoms with Crippen molar-refractivity contribution in [3.05, 3.63) is 0 Å². The molecule has 1 heterocycles. The van der Waals surface area contributed by atoms with E-state index in [1.807, 2.05) is 0 Å². The zero-order valence-corrected chi connectivity index (χ0v) is 15.3. The summed E-state index contributed by atoms with van der Waals surface area (Å²) in [6.45, 7) is 0.507. The van der Waals surface area contributed by atoms with Crippen LogP contribution in [0.1, 0.15) is 38.5 Å². The second-order valence-electron chi connectivity index (χ2n) is 6.96. The Morgan fingerprint density at radius 1 is 1.08 bits per heavy atom. The molecule has 0 spiro atoms. The van der Waals surface area contributed by atoms with E-state index in [0.717, 1.165) is 17.7 Å². The van der Waals surface area contributed by atoms with Crippen LogP contribution in [0.4, 0.5) is 0 Å². The van der Waals surface area contributed by atoms with Crippen molar-refractivity contribution in [1.29, 1.82) is 0 Å². The summed E-state index contributed by atoms with van der Waals surface area (Å²) in [7, 11) is -2.04. The molecule has 9 heteroatoms. The molecule has 0 atom stereocenters. The lowest BCUT2D eigenvalue weighted by Gasteiger charge is -2.31. The van der Waals surface area contributed by atoms with E-state index in [2.05, 4.69) is 0 Å². The molecule has 2 rings (SSSR count). The fourth-order valence-electron chi connectivity index (χ4n) is 3.41. The van der Waals surface area contributed by atoms with Gasteiger partial charge in [0, 0.05) is 20.1 Å². The summed E-state index contributed by atoms with van der Waals surface area (Å²) in [6, 6.07) is 0. The zero-order chi connectivity index (χ0) is 18.6. The summed E-state index contributed by atoms with van der Waals surface area (Å²) in [5, 5.41) is 8.53. The molecule has 0 aromatic carbocycles. The van der Waals surface area contributed by atoms with E-state index in [1.54, 1.807) is 0 Å². The van der Waals surface area contributed by atoms with Gasteiger partial charge in [-0.25, -0.2) is 8.42 Å². The summed E-state index contributed by atoms with van der Waals surface area (Å²) in [5.74, 6) is -2.68. The standard InChI is InChI=1S/C16H26N2O6S/c1-17(15(20)11-25(23,24)13-4-2-3-5-13)10-14(19)18-8-6-12(7-9-18)16(21)22/h12-13H,2-11H2,1H3,(H,21,22). The van der Waals surface area contributed by atoms with Gasteiger partial charge in [-0.05, 0) is 25.7 Å². The van der Waals surface area contributed by atoms with Crippen LogP contribution in [-0.2, 0) is 24.2 Å². The normalized spacial score (nSPS) is 19.8. The first-order valence-electron chi connectivity index (χ1n) is 8.67. The third-order valence-electron chi connectivity index (χ3n) is 5.13. The molecule has 1 saturated heterocycles. The fourth-order valence-corrected chi connectivity index (χ4v) is 5.27. The smallest absolute Gasteiger partial charge is 0.306 e. The van der Waals surface area contributed by atoms with Crippen LogP contribution in [-0.4, -0.2) is 78.8 Å². The first-order valence-corrected chi connectivity index (χ1v) is 10.4. The van der Waals surface area contributed by atoms with E-state index in [-0.39, 0.29) is 12.5 Å². The first kappa shape index (κ1) is 19.7. The van der Waals surface area contributed by atoms with Crippen molar-refractivity contribution in [3.63, 3.8) is 0 Å². The van der Waals surface area contributed by atoms with E-state index in [0.29, 0.717) is 38.8 Å². The molecule has 25 heavy (non-hydrogen) atoms. The molecular weight excluding hydrogens is 348 g/mol. The average Bonchev–Trinajstić information content (AvgIpc) is 3.09. The number of rotatable bonds is 6. The molecule has 0 aromatic heterocycles. The number of hydrogen-bond acceptors (Lipinski definition) is 5. The summed E-state index contributed by atoms with van der Waals surface area (Å²) >= 11 is 0. The largest absolute Gasteiger partial charge is 0.481 e. The van der Waals surface area contributed by atoms with Gasteiger partial charge in [0.1, 0.15) is 5.75 Å². The minimum absolute atomic E-state index is 0.184. The number of carboxylic acid groups (broad SMARTS) is 1. The number of carboxylic acids is 1. The Morgan fingerprint density at radius 3 is 2.16 bits per heavy atom. The highest BCUT2D eigenvalue weighted by Crippen LogP contribution is 2.25. The number of carbonyl (C=O) groups is 3. The SMILES string of the molecule is CN(CC(=O)N1CCC(C(=O)O)CC1)C(=O)CS(=O)(=O)C1CCCC1. The van der Waals surface area contributed by atoms with Gasteiger partial charge in [-0.1, -0.05) is 12.8 Å². The molecule has 1 saturated carbocycles. The number of piperidine rings is 1. The molecular formula is C16H26N2O6S. The van der Waals surface area contributed by atoms with Crippen LogP contribution in [0.5, 0.6) is 0 Å². The number of sulfone groups is 1. The van der Waals surface area contributed by atoms with Gasteiger partial charge in [-0.3, -0.25) is 14.4 Å². The van der Waals surface area contributed by atoms with Crippen LogP contribution in [0, 0.1) is 5.92 Å². The maximum absolute atomic E-state index is 12.2. The Bertz CT molecular complexity index is 619. The number of hydrogen-bond donors (Lipinski definition) is 1. The van der Waals surface area contributed by atoms with Gasteiger partial charge in [-0.15, -0.1) is 0 Å². The Hall–Kier alpha value is -1.64. The number of likely N-dealkylation sites (tertiary alicyclic amines) is 1. The average molecular weight is 374 g/mol. The molecule has 1 N–H and O–H groups in total. The van der Waals surface area contributed by atoms with Crippen molar-refractivity contribution in [2.45, 2.75) is 43.8 Å². The van der Waals surface area contributed by atoms with Crippen molar-refractivity contribution in [2.75, 3.05) is 32.4 Å². The molecule has 0 unspecified atom stereocenters. The number of likely N-dealkylation sites (N-methyl/N-ethyl adjacent to an activating group) is 1. The number of aliphatic carboxylic acids is 1. The number of carbonyl (C=O) groups excluding carboxylic acids is 2. The van der Waals surface area contributed by atoms with Gasteiger partial charge >= 0.3 is 5.97 Å². The van der Waals surface area contributed by atoms with E-state index in [1.165, 1.54) is 11.9 Å². The van der Waals surface area contributed by atoms with Gasteiger partial charge in [0.2, 0.25) is 11.8 Å². The molecule has 142 valence electrons. The highest BCUT2D eigenvalue weighted by Gasteiger charge is 2.32. The van der Waals surface area contributed by atoms with Crippen LogP contribution >= 0.6 is 0 Å². The third kappa shape index (κ3) is 5.17. The van der Waals surface area contributed by atoms with E-state index < -0.39 is 38.6 Å². The maximum atomic E-state index is 12.2. The van der Waals surface area contributed by atoms with E-state index >= 15 is 0 Å². The fraction of sp³-hybridized carbons (Fsp3) is 0.812. The van der Waals surface area contributed by atoms with Crippen LogP contribution in [0.2, 0.25) is 0 Å². The van der Waals surface area contributed by atoms with Crippen molar-refractivity contribution in [3.8, 4) is 0 Å². The van der Waals surface area contributed by atoms with Crippen molar-refractivity contribution in [2.24, 2.45) is 5.92 Å². The predicted molar refractivity (Wildman–Crippen MR) is 90.6 cm³/mol. The van der Waals surface area contributed by atoms with Crippen LogP contribution in [0.25, 0.3) is 0 Å². The van der Waals surface area contributed by atoms with Gasteiger partial charge in [0.15, 0.2) is 9.84 Å². The number of amides is 2. The van der Waals surface area contributed by atoms with Crippen LogP contribution < -0.4 is 0 Å². The predicted octanol–water partition coefficient (Wildman–Crippen LogP) is 0.125. The Balaban J connectivity index is 1.82. The molecule has 0 bridgehead atoms.